The van der Waals surface area contributed by atoms with Gasteiger partial charge in [0.25, 0.3) is 5.91 Å². The summed E-state index contributed by atoms with van der Waals surface area (Å²) in [5, 5.41) is 11.8. The van der Waals surface area contributed by atoms with Crippen molar-refractivity contribution in [3.63, 3.8) is 0 Å². The molecule has 0 fully saturated rings. The number of hydrogen-bond donors (Lipinski definition) is 2. The monoisotopic (exact) mass is 225 g/mol. The summed E-state index contributed by atoms with van der Waals surface area (Å²) in [4.78, 5) is 11.5. The third-order valence-corrected chi connectivity index (χ3v) is 1.98. The predicted octanol–water partition coefficient (Wildman–Crippen LogP) is 0.777. The minimum atomic E-state index is -0.302. The first-order valence-electron chi connectivity index (χ1n) is 4.86. The fourth-order valence-corrected chi connectivity index (χ4v) is 1.19. The number of benzene rings is 1. The summed E-state index contributed by atoms with van der Waals surface area (Å²) in [5.41, 5.74) is 0.304. The van der Waals surface area contributed by atoms with Crippen molar-refractivity contribution < 1.29 is 19.4 Å². The smallest absolute Gasteiger partial charge is 0.254 e. The highest BCUT2D eigenvalue weighted by Crippen LogP contribution is 2.23. The first-order valence-corrected chi connectivity index (χ1v) is 4.86. The van der Waals surface area contributed by atoms with Gasteiger partial charge in [0.2, 0.25) is 0 Å². The summed E-state index contributed by atoms with van der Waals surface area (Å²) in [5.74, 6) is 0.148. The highest BCUT2D eigenvalue weighted by Gasteiger charge is 2.11. The molecule has 0 radical (unpaired) electrons. The summed E-state index contributed by atoms with van der Waals surface area (Å²) >= 11 is 0. The maximum absolute atomic E-state index is 11.5. The van der Waals surface area contributed by atoms with E-state index in [0.717, 1.165) is 0 Å². The van der Waals surface area contributed by atoms with Crippen LogP contribution in [0.25, 0.3) is 0 Å². The van der Waals surface area contributed by atoms with Crippen molar-refractivity contribution in [3.8, 4) is 11.5 Å². The Morgan fingerprint density at radius 3 is 2.81 bits per heavy atom. The van der Waals surface area contributed by atoms with Gasteiger partial charge in [-0.1, -0.05) is 0 Å². The Bertz CT molecular complexity index is 365. The van der Waals surface area contributed by atoms with Gasteiger partial charge in [0.05, 0.1) is 12.2 Å². The predicted molar refractivity (Wildman–Crippen MR) is 58.9 cm³/mol. The summed E-state index contributed by atoms with van der Waals surface area (Å²) in [6.07, 6.45) is 0. The Balaban J connectivity index is 2.85. The van der Waals surface area contributed by atoms with Crippen molar-refractivity contribution in [2.24, 2.45) is 0 Å². The topological polar surface area (TPSA) is 67.8 Å². The van der Waals surface area contributed by atoms with E-state index in [9.17, 15) is 9.90 Å². The SMILES string of the molecule is CNC(=O)c1cc(O)ccc1OCCOC. The van der Waals surface area contributed by atoms with Crippen molar-refractivity contribution >= 4 is 5.91 Å². The molecule has 0 heterocycles. The molecule has 5 nitrogen and oxygen atoms in total. The second-order valence-corrected chi connectivity index (χ2v) is 3.10. The van der Waals surface area contributed by atoms with Crippen molar-refractivity contribution in [1.82, 2.24) is 5.32 Å². The first-order chi connectivity index (χ1) is 7.69. The molecule has 16 heavy (non-hydrogen) atoms. The largest absolute Gasteiger partial charge is 0.508 e. The average molecular weight is 225 g/mol. The molecule has 0 unspecified atom stereocenters. The van der Waals surface area contributed by atoms with E-state index in [1.807, 2.05) is 0 Å². The van der Waals surface area contributed by atoms with Gasteiger partial charge >= 0.3 is 0 Å². The van der Waals surface area contributed by atoms with E-state index >= 15 is 0 Å². The molecular weight excluding hydrogens is 210 g/mol. The number of aromatic hydroxyl groups is 1. The number of amides is 1. The second kappa shape index (κ2) is 5.97. The first kappa shape index (κ1) is 12.3. The highest BCUT2D eigenvalue weighted by atomic mass is 16.5. The maximum Gasteiger partial charge on any atom is 0.254 e. The van der Waals surface area contributed by atoms with Gasteiger partial charge in [-0.2, -0.15) is 0 Å². The van der Waals surface area contributed by atoms with E-state index in [0.29, 0.717) is 24.5 Å². The van der Waals surface area contributed by atoms with Gasteiger partial charge < -0.3 is 19.9 Å². The molecule has 5 heteroatoms. The lowest BCUT2D eigenvalue weighted by atomic mass is 10.2. The van der Waals surface area contributed by atoms with Crippen molar-refractivity contribution in [1.29, 1.82) is 0 Å². The van der Waals surface area contributed by atoms with Gasteiger partial charge in [-0.05, 0) is 18.2 Å². The van der Waals surface area contributed by atoms with Gasteiger partial charge in [-0.15, -0.1) is 0 Å². The van der Waals surface area contributed by atoms with Crippen LogP contribution in [0.2, 0.25) is 0 Å². The highest BCUT2D eigenvalue weighted by molar-refractivity contribution is 5.97. The summed E-state index contributed by atoms with van der Waals surface area (Å²) in [6.45, 7) is 0.791. The number of phenolic OH excluding ortho intramolecular Hbond substituents is 1. The van der Waals surface area contributed by atoms with E-state index in [1.165, 1.54) is 19.2 Å². The Hall–Kier alpha value is -1.75. The molecule has 1 aromatic carbocycles. The molecule has 0 aliphatic rings. The summed E-state index contributed by atoms with van der Waals surface area (Å²) in [7, 11) is 3.09. The molecule has 2 N–H and O–H groups in total. The van der Waals surface area contributed by atoms with Crippen LogP contribution in [0.1, 0.15) is 10.4 Å². The number of hydrogen-bond acceptors (Lipinski definition) is 4. The standard InChI is InChI=1S/C11H15NO4/c1-12-11(14)9-7-8(13)3-4-10(9)16-6-5-15-2/h3-4,7,13H,5-6H2,1-2H3,(H,12,14). The Kier molecular flexibility index (Phi) is 4.60. The molecule has 1 aromatic rings. The van der Waals surface area contributed by atoms with Crippen molar-refractivity contribution in [2.45, 2.75) is 0 Å². The molecule has 88 valence electrons. The molecular formula is C11H15NO4. The summed E-state index contributed by atoms with van der Waals surface area (Å²) in [6, 6.07) is 4.38. The zero-order chi connectivity index (χ0) is 12.0. The van der Waals surface area contributed by atoms with Gasteiger partial charge in [-0.3, -0.25) is 4.79 Å². The van der Waals surface area contributed by atoms with E-state index in [-0.39, 0.29) is 11.7 Å². The van der Waals surface area contributed by atoms with Gasteiger partial charge in [0.15, 0.2) is 0 Å². The van der Waals surface area contributed by atoms with Gasteiger partial charge in [0, 0.05) is 14.2 Å². The van der Waals surface area contributed by atoms with E-state index in [4.69, 9.17) is 9.47 Å². The normalized spacial score (nSPS) is 9.88. The number of rotatable bonds is 5. The lowest BCUT2D eigenvalue weighted by molar-refractivity contribution is 0.0954. The van der Waals surface area contributed by atoms with Crippen molar-refractivity contribution in [2.75, 3.05) is 27.4 Å². The summed E-state index contributed by atoms with van der Waals surface area (Å²) < 4.78 is 10.2. The lowest BCUT2D eigenvalue weighted by Crippen LogP contribution is -2.19. The quantitative estimate of drug-likeness (QED) is 0.726. The number of phenols is 1. The van der Waals surface area contributed by atoms with Crippen LogP contribution in [0, 0.1) is 0 Å². The number of carbonyl (C=O) groups is 1. The van der Waals surface area contributed by atoms with Crippen LogP contribution in [0.5, 0.6) is 11.5 Å². The fraction of sp³-hybridized carbons (Fsp3) is 0.364. The average Bonchev–Trinajstić information content (AvgIpc) is 2.30. The zero-order valence-electron chi connectivity index (χ0n) is 9.32. The molecule has 1 amide bonds. The Labute approximate surface area is 94.0 Å². The molecule has 0 aromatic heterocycles. The lowest BCUT2D eigenvalue weighted by Gasteiger charge is -2.10. The van der Waals surface area contributed by atoms with E-state index < -0.39 is 0 Å². The third-order valence-electron chi connectivity index (χ3n) is 1.98. The van der Waals surface area contributed by atoms with Crippen LogP contribution in [0.4, 0.5) is 0 Å². The molecule has 0 spiro atoms. The minimum Gasteiger partial charge on any atom is -0.508 e. The van der Waals surface area contributed by atoms with Gasteiger partial charge in [0.1, 0.15) is 18.1 Å². The van der Waals surface area contributed by atoms with Crippen LogP contribution >= 0.6 is 0 Å². The van der Waals surface area contributed by atoms with Crippen LogP contribution < -0.4 is 10.1 Å². The van der Waals surface area contributed by atoms with Gasteiger partial charge in [-0.25, -0.2) is 0 Å². The zero-order valence-corrected chi connectivity index (χ0v) is 9.32. The molecule has 0 aliphatic heterocycles. The van der Waals surface area contributed by atoms with Crippen LogP contribution in [0.15, 0.2) is 18.2 Å². The molecule has 0 atom stereocenters. The number of carbonyl (C=O) groups excluding carboxylic acids is 1. The molecule has 0 saturated carbocycles. The number of nitrogens with one attached hydrogen (secondary N) is 1. The van der Waals surface area contributed by atoms with E-state index in [2.05, 4.69) is 5.32 Å². The Morgan fingerprint density at radius 2 is 2.19 bits per heavy atom. The van der Waals surface area contributed by atoms with Crippen LogP contribution in [-0.4, -0.2) is 38.4 Å². The molecule has 0 aliphatic carbocycles. The minimum absolute atomic E-state index is 0.0256. The fourth-order valence-electron chi connectivity index (χ4n) is 1.19. The van der Waals surface area contributed by atoms with E-state index in [1.54, 1.807) is 13.2 Å². The molecule has 1 rings (SSSR count). The molecule has 0 bridgehead atoms. The van der Waals surface area contributed by atoms with Crippen LogP contribution in [0.3, 0.4) is 0 Å². The Morgan fingerprint density at radius 1 is 1.44 bits per heavy atom. The maximum atomic E-state index is 11.5. The second-order valence-electron chi connectivity index (χ2n) is 3.10. The molecule has 0 saturated heterocycles. The van der Waals surface area contributed by atoms with Crippen LogP contribution in [-0.2, 0) is 4.74 Å². The number of ether oxygens (including phenoxy) is 2. The third kappa shape index (κ3) is 3.13. The number of methoxy groups -OCH3 is 1. The van der Waals surface area contributed by atoms with Crippen molar-refractivity contribution in [3.05, 3.63) is 23.8 Å².